The molecule has 0 bridgehead atoms. The molecule has 289 valence electrons. The summed E-state index contributed by atoms with van der Waals surface area (Å²) < 4.78 is 6.80. The Kier molecular flexibility index (Phi) is 11.2. The number of fused-ring (bicyclic) bond motifs is 4. The molecule has 0 aliphatic heterocycles. The number of nitrogens with zero attached hydrogens (tertiary/aromatic N) is 3. The molecule has 6 aromatic carbocycles. The molecule has 4 heterocycles. The first-order valence-electron chi connectivity index (χ1n) is 19.6. The monoisotopic (exact) mass is 940 g/mol. The van der Waals surface area contributed by atoms with E-state index >= 15 is 0 Å². The Morgan fingerprint density at radius 3 is 2.08 bits per heavy atom. The van der Waals surface area contributed by atoms with Crippen molar-refractivity contribution in [2.75, 3.05) is 0 Å². The van der Waals surface area contributed by atoms with Crippen molar-refractivity contribution in [3.63, 3.8) is 0 Å². The van der Waals surface area contributed by atoms with Gasteiger partial charge in [0.05, 0.1) is 5.58 Å². The zero-order chi connectivity index (χ0) is 39.8. The largest absolute Gasteiger partial charge is 0.500 e. The molecule has 0 saturated heterocycles. The van der Waals surface area contributed by atoms with Crippen molar-refractivity contribution in [3.8, 4) is 55.9 Å². The van der Waals surface area contributed by atoms with Crippen LogP contribution in [0.1, 0.15) is 27.8 Å². The fourth-order valence-electron chi connectivity index (χ4n) is 7.86. The summed E-state index contributed by atoms with van der Waals surface area (Å²) >= 11 is 0. The van der Waals surface area contributed by atoms with Crippen LogP contribution < -0.4 is 0 Å². The zero-order valence-corrected chi connectivity index (χ0v) is 36.0. The Labute approximate surface area is 359 Å². The van der Waals surface area contributed by atoms with E-state index < -0.39 is 0 Å². The summed E-state index contributed by atoms with van der Waals surface area (Å²) in [6.45, 7) is 10.7. The van der Waals surface area contributed by atoms with Crippen molar-refractivity contribution in [2.45, 2.75) is 34.6 Å². The Bertz CT molecular complexity index is 3100. The van der Waals surface area contributed by atoms with Gasteiger partial charge < -0.3 is 14.4 Å². The van der Waals surface area contributed by atoms with Gasteiger partial charge in [0.2, 0.25) is 0 Å². The van der Waals surface area contributed by atoms with Gasteiger partial charge in [-0.1, -0.05) is 109 Å². The fraction of sp³-hybridized carbons (Fsp3) is 0.0926. The summed E-state index contributed by atoms with van der Waals surface area (Å²) in [6, 6.07) is 52.7. The van der Waals surface area contributed by atoms with E-state index in [1.807, 2.05) is 55.1 Å². The second-order valence-corrected chi connectivity index (χ2v) is 14.9. The summed E-state index contributed by atoms with van der Waals surface area (Å²) in [7, 11) is 0. The number of benzene rings is 6. The van der Waals surface area contributed by atoms with Crippen molar-refractivity contribution in [1.29, 1.82) is 0 Å². The van der Waals surface area contributed by atoms with E-state index in [1.54, 1.807) is 0 Å². The van der Waals surface area contributed by atoms with Gasteiger partial charge in [0.25, 0.3) is 0 Å². The average Bonchev–Trinajstić information content (AvgIpc) is 3.67. The van der Waals surface area contributed by atoms with Gasteiger partial charge in [-0.15, -0.1) is 53.6 Å². The van der Waals surface area contributed by atoms with E-state index in [1.165, 1.54) is 49.9 Å². The van der Waals surface area contributed by atoms with Crippen LogP contribution in [0.2, 0.25) is 0 Å². The van der Waals surface area contributed by atoms with Gasteiger partial charge in [-0.05, 0) is 107 Å². The molecule has 4 aromatic heterocycles. The van der Waals surface area contributed by atoms with Crippen molar-refractivity contribution in [1.82, 2.24) is 15.0 Å². The van der Waals surface area contributed by atoms with Crippen LogP contribution in [-0.2, 0) is 20.1 Å². The van der Waals surface area contributed by atoms with E-state index in [0.717, 1.165) is 66.5 Å². The maximum absolute atomic E-state index is 6.80. The third-order valence-electron chi connectivity index (χ3n) is 11.1. The van der Waals surface area contributed by atoms with E-state index in [-0.39, 0.29) is 20.1 Å². The van der Waals surface area contributed by atoms with Gasteiger partial charge >= 0.3 is 0 Å². The van der Waals surface area contributed by atoms with Gasteiger partial charge in [0, 0.05) is 61.2 Å². The van der Waals surface area contributed by atoms with Crippen LogP contribution in [0.4, 0.5) is 0 Å². The molecule has 5 heteroatoms. The van der Waals surface area contributed by atoms with Crippen molar-refractivity contribution in [2.24, 2.45) is 0 Å². The minimum Gasteiger partial charge on any atom is -0.500 e. The molecule has 0 spiro atoms. The Hall–Kier alpha value is -6.52. The first-order chi connectivity index (χ1) is 28.3. The fourth-order valence-corrected chi connectivity index (χ4v) is 7.86. The molecule has 10 aromatic rings. The normalized spacial score (nSPS) is 11.0. The summed E-state index contributed by atoms with van der Waals surface area (Å²) in [5.74, 6) is 0. The molecular formula is C54H41IrN3O-2. The van der Waals surface area contributed by atoms with E-state index in [9.17, 15) is 0 Å². The van der Waals surface area contributed by atoms with Crippen molar-refractivity contribution >= 4 is 32.7 Å². The van der Waals surface area contributed by atoms with Crippen LogP contribution in [0.3, 0.4) is 0 Å². The third-order valence-corrected chi connectivity index (χ3v) is 11.1. The maximum Gasteiger partial charge on any atom is 0.129 e. The average molecular weight is 940 g/mol. The first-order valence-corrected chi connectivity index (χ1v) is 19.6. The summed E-state index contributed by atoms with van der Waals surface area (Å²) in [4.78, 5) is 13.7. The molecule has 0 fully saturated rings. The minimum absolute atomic E-state index is 0. The molecular weight excluding hydrogens is 899 g/mol. The molecule has 0 saturated carbocycles. The van der Waals surface area contributed by atoms with E-state index in [4.69, 9.17) is 9.40 Å². The van der Waals surface area contributed by atoms with Gasteiger partial charge in [-0.3, -0.25) is 4.98 Å². The van der Waals surface area contributed by atoms with Crippen molar-refractivity contribution in [3.05, 3.63) is 198 Å². The second-order valence-electron chi connectivity index (χ2n) is 14.9. The quantitative estimate of drug-likeness (QED) is 0.161. The predicted octanol–water partition coefficient (Wildman–Crippen LogP) is 14.1. The van der Waals surface area contributed by atoms with E-state index in [0.29, 0.717) is 0 Å². The zero-order valence-electron chi connectivity index (χ0n) is 33.6. The predicted molar refractivity (Wildman–Crippen MR) is 240 cm³/mol. The van der Waals surface area contributed by atoms with E-state index in [2.05, 4.69) is 160 Å². The van der Waals surface area contributed by atoms with Crippen LogP contribution in [-0.4, -0.2) is 15.0 Å². The molecule has 0 unspecified atom stereocenters. The molecule has 0 N–H and O–H groups in total. The summed E-state index contributed by atoms with van der Waals surface area (Å²) in [5.41, 5.74) is 18.4. The van der Waals surface area contributed by atoms with Gasteiger partial charge in [0.15, 0.2) is 0 Å². The molecule has 0 aliphatic carbocycles. The van der Waals surface area contributed by atoms with Crippen LogP contribution >= 0.6 is 0 Å². The first kappa shape index (κ1) is 39.3. The minimum atomic E-state index is 0. The molecule has 0 amide bonds. The number of furan rings is 1. The smallest absolute Gasteiger partial charge is 0.129 e. The van der Waals surface area contributed by atoms with Crippen LogP contribution in [0.25, 0.3) is 88.6 Å². The standard InChI is InChI=1S/C35H25N2O.C19H16N.Ir/c1-21-12-13-29(33-23(3)22(2)18-26-14-16-36-20-30(26)33)35-32(21)28-11-7-10-27(34(28)38-35)31-19-25(15-17-37-31)24-8-5-4-6-9-24;1-14-8-10-17(11-9-14)19-12-18(15(2)13-20-19)16-6-4-3-5-7-16;/h4-9,11-20H,1-3H3;3-10,12-13H,1-2H3;/q2*-1;. The molecule has 59 heavy (non-hydrogen) atoms. The number of hydrogen-bond acceptors (Lipinski definition) is 4. The van der Waals surface area contributed by atoms with Gasteiger partial charge in [-0.25, -0.2) is 0 Å². The second kappa shape index (κ2) is 16.8. The van der Waals surface area contributed by atoms with Crippen LogP contribution in [0.15, 0.2) is 163 Å². The summed E-state index contributed by atoms with van der Waals surface area (Å²) in [6.07, 6.45) is 7.61. The SMILES string of the molecule is Cc1c[c-]c(-c2cc(-c3ccccc3)c(C)cn2)cc1.Cc1cc2ccncc2c(-c2ccc(C)c3c2oc2c(-c4cc(-c5ccccc5)ccn4)[c-]ccc23)c1C.[Ir]. The Morgan fingerprint density at radius 2 is 1.32 bits per heavy atom. The molecule has 0 aliphatic rings. The molecule has 4 nitrogen and oxygen atoms in total. The third kappa shape index (κ3) is 7.64. The number of hydrogen-bond donors (Lipinski definition) is 0. The topological polar surface area (TPSA) is 51.8 Å². The molecule has 10 rings (SSSR count). The van der Waals surface area contributed by atoms with Gasteiger partial charge in [-0.2, -0.15) is 0 Å². The Morgan fingerprint density at radius 1 is 0.542 bits per heavy atom. The number of pyridine rings is 3. The van der Waals surface area contributed by atoms with Gasteiger partial charge in [0.1, 0.15) is 5.58 Å². The number of aryl methyl sites for hydroxylation is 4. The van der Waals surface area contributed by atoms with Crippen LogP contribution in [0.5, 0.6) is 0 Å². The maximum atomic E-state index is 6.80. The van der Waals surface area contributed by atoms with Crippen molar-refractivity contribution < 1.29 is 24.5 Å². The number of aromatic nitrogens is 3. The molecule has 1 radical (unpaired) electrons. The summed E-state index contributed by atoms with van der Waals surface area (Å²) in [5, 5.41) is 4.52. The molecule has 0 atom stereocenters. The van der Waals surface area contributed by atoms with Crippen LogP contribution in [0, 0.1) is 46.8 Å². The Balaban J connectivity index is 0.000000195. The number of rotatable bonds is 5.